The van der Waals surface area contributed by atoms with Crippen LogP contribution in [0.5, 0.6) is 0 Å². The van der Waals surface area contributed by atoms with Gasteiger partial charge in [-0.2, -0.15) is 13.1 Å². The van der Waals surface area contributed by atoms with E-state index in [1.165, 1.54) is 0 Å². The summed E-state index contributed by atoms with van der Waals surface area (Å²) in [6.07, 6.45) is 2.05. The zero-order valence-corrected chi connectivity index (χ0v) is 12.3. The van der Waals surface area contributed by atoms with E-state index in [2.05, 4.69) is 21.3 Å². The molecule has 5 nitrogen and oxygen atoms in total. The van der Waals surface area contributed by atoms with E-state index in [0.29, 0.717) is 22.7 Å². The maximum absolute atomic E-state index is 11.9. The highest BCUT2D eigenvalue weighted by Crippen LogP contribution is 2.23. The fraction of sp³-hybridized carbons (Fsp3) is 0.385. The SMILES string of the molecule is O=S(=O)(Nc1ccc(Cl)cc1C#CCCO)NC1CC1. The zero-order chi connectivity index (χ0) is 14.6. The molecular weight excluding hydrogens is 300 g/mol. The molecule has 20 heavy (non-hydrogen) atoms. The van der Waals surface area contributed by atoms with E-state index in [4.69, 9.17) is 16.7 Å². The van der Waals surface area contributed by atoms with Crippen LogP contribution in [0.25, 0.3) is 0 Å². The van der Waals surface area contributed by atoms with E-state index < -0.39 is 10.2 Å². The van der Waals surface area contributed by atoms with Crippen LogP contribution in [0.15, 0.2) is 18.2 Å². The number of aliphatic hydroxyl groups is 1. The Morgan fingerprint density at radius 1 is 1.40 bits per heavy atom. The monoisotopic (exact) mass is 314 g/mol. The van der Waals surface area contributed by atoms with Crippen LogP contribution in [-0.4, -0.2) is 26.2 Å². The fourth-order valence-corrected chi connectivity index (χ4v) is 2.89. The van der Waals surface area contributed by atoms with Gasteiger partial charge >= 0.3 is 0 Å². The Labute approximate surface area is 123 Å². The van der Waals surface area contributed by atoms with E-state index >= 15 is 0 Å². The molecular formula is C13H15ClN2O3S. The summed E-state index contributed by atoms with van der Waals surface area (Å²) in [7, 11) is -3.60. The van der Waals surface area contributed by atoms with Gasteiger partial charge in [-0.3, -0.25) is 4.72 Å². The number of aliphatic hydroxyl groups excluding tert-OH is 1. The Morgan fingerprint density at radius 3 is 2.80 bits per heavy atom. The first-order valence-corrected chi connectivity index (χ1v) is 8.05. The van der Waals surface area contributed by atoms with Gasteiger partial charge in [-0.15, -0.1) is 0 Å². The summed E-state index contributed by atoms with van der Waals surface area (Å²) in [6.45, 7) is -0.0438. The maximum atomic E-state index is 11.9. The predicted octanol–water partition coefficient (Wildman–Crippen LogP) is 1.48. The lowest BCUT2D eigenvalue weighted by Crippen LogP contribution is -2.32. The Morgan fingerprint density at radius 2 is 2.15 bits per heavy atom. The van der Waals surface area contributed by atoms with Gasteiger partial charge in [0.1, 0.15) is 0 Å². The van der Waals surface area contributed by atoms with E-state index in [1.54, 1.807) is 18.2 Å². The molecule has 0 bridgehead atoms. The minimum absolute atomic E-state index is 0.0312. The molecule has 0 aliphatic heterocycles. The average Bonchev–Trinajstić information content (AvgIpc) is 3.16. The fourth-order valence-electron chi connectivity index (χ4n) is 1.52. The second-order valence-electron chi connectivity index (χ2n) is 4.46. The summed E-state index contributed by atoms with van der Waals surface area (Å²) in [5, 5.41) is 9.18. The molecule has 3 N–H and O–H groups in total. The zero-order valence-electron chi connectivity index (χ0n) is 10.7. The Bertz CT molecular complexity index is 645. The maximum Gasteiger partial charge on any atom is 0.299 e. The standard InChI is InChI=1S/C13H15ClN2O3S/c14-11-4-7-13(10(9-11)3-1-2-8-17)16-20(18,19)15-12-5-6-12/h4,7,9,12,15-17H,2,5-6,8H2. The second-order valence-corrected chi connectivity index (χ2v) is 6.35. The Balaban J connectivity index is 2.20. The first kappa shape index (κ1) is 15.1. The van der Waals surface area contributed by atoms with Crippen molar-refractivity contribution < 1.29 is 13.5 Å². The van der Waals surface area contributed by atoms with Gasteiger partial charge in [-0.25, -0.2) is 0 Å². The van der Waals surface area contributed by atoms with Crippen molar-refractivity contribution in [2.45, 2.75) is 25.3 Å². The molecule has 0 unspecified atom stereocenters. The topological polar surface area (TPSA) is 78.4 Å². The molecule has 2 rings (SSSR count). The number of halogens is 1. The van der Waals surface area contributed by atoms with Crippen LogP contribution in [0.3, 0.4) is 0 Å². The van der Waals surface area contributed by atoms with Gasteiger partial charge in [0.2, 0.25) is 0 Å². The minimum Gasteiger partial charge on any atom is -0.395 e. The van der Waals surface area contributed by atoms with Crippen LogP contribution in [0.2, 0.25) is 5.02 Å². The average molecular weight is 315 g/mol. The van der Waals surface area contributed by atoms with Crippen molar-refractivity contribution in [3.05, 3.63) is 28.8 Å². The smallest absolute Gasteiger partial charge is 0.299 e. The number of hydrogen-bond acceptors (Lipinski definition) is 3. The molecule has 0 heterocycles. The lowest BCUT2D eigenvalue weighted by atomic mass is 10.2. The van der Waals surface area contributed by atoms with Gasteiger partial charge in [0.05, 0.1) is 17.9 Å². The molecule has 0 amide bonds. The molecule has 0 atom stereocenters. The van der Waals surface area contributed by atoms with Crippen molar-refractivity contribution in [1.82, 2.24) is 4.72 Å². The molecule has 1 saturated carbocycles. The largest absolute Gasteiger partial charge is 0.395 e. The number of rotatable bonds is 5. The second kappa shape index (κ2) is 6.46. The van der Waals surface area contributed by atoms with Gasteiger partial charge in [-0.1, -0.05) is 23.4 Å². The number of hydrogen-bond donors (Lipinski definition) is 3. The summed E-state index contributed by atoms with van der Waals surface area (Å²) in [6, 6.07) is 4.77. The first-order valence-electron chi connectivity index (χ1n) is 6.19. The molecule has 1 aliphatic rings. The van der Waals surface area contributed by atoms with E-state index in [9.17, 15) is 8.42 Å². The van der Waals surface area contributed by atoms with Gasteiger partial charge in [0, 0.05) is 17.5 Å². The van der Waals surface area contributed by atoms with Crippen LogP contribution in [0.1, 0.15) is 24.8 Å². The third-order valence-corrected chi connectivity index (χ3v) is 3.95. The molecule has 1 aromatic rings. The third-order valence-electron chi connectivity index (χ3n) is 2.58. The number of benzene rings is 1. The summed E-state index contributed by atoms with van der Waals surface area (Å²) in [4.78, 5) is 0. The molecule has 1 fully saturated rings. The first-order chi connectivity index (χ1) is 9.50. The molecule has 0 spiro atoms. The van der Waals surface area contributed by atoms with Crippen LogP contribution in [-0.2, 0) is 10.2 Å². The highest BCUT2D eigenvalue weighted by Gasteiger charge is 2.27. The summed E-state index contributed by atoms with van der Waals surface area (Å²) in [5.41, 5.74) is 0.847. The van der Waals surface area contributed by atoms with Crippen molar-refractivity contribution in [2.24, 2.45) is 0 Å². The van der Waals surface area contributed by atoms with E-state index in [1.807, 2.05) is 0 Å². The lowest BCUT2D eigenvalue weighted by molar-refractivity contribution is 0.305. The molecule has 1 aromatic carbocycles. The van der Waals surface area contributed by atoms with Crippen LogP contribution in [0.4, 0.5) is 5.69 Å². The molecule has 7 heteroatoms. The van der Waals surface area contributed by atoms with Crippen molar-refractivity contribution in [2.75, 3.05) is 11.3 Å². The van der Waals surface area contributed by atoms with Crippen molar-refractivity contribution >= 4 is 27.5 Å². The van der Waals surface area contributed by atoms with Crippen molar-refractivity contribution in [1.29, 1.82) is 0 Å². The van der Waals surface area contributed by atoms with Gasteiger partial charge < -0.3 is 5.11 Å². The molecule has 0 saturated heterocycles. The third kappa shape index (κ3) is 4.69. The van der Waals surface area contributed by atoms with Crippen LogP contribution < -0.4 is 9.44 Å². The van der Waals surface area contributed by atoms with Crippen molar-refractivity contribution in [3.8, 4) is 11.8 Å². The highest BCUT2D eigenvalue weighted by molar-refractivity contribution is 7.90. The normalized spacial score (nSPS) is 14.5. The van der Waals surface area contributed by atoms with Gasteiger partial charge in [0.25, 0.3) is 10.2 Å². The Hall–Kier alpha value is -1.26. The molecule has 108 valence electrons. The lowest BCUT2D eigenvalue weighted by Gasteiger charge is -2.10. The quantitative estimate of drug-likeness (QED) is 0.720. The van der Waals surface area contributed by atoms with Gasteiger partial charge in [0.15, 0.2) is 0 Å². The molecule has 1 aliphatic carbocycles. The molecule has 0 aromatic heterocycles. The van der Waals surface area contributed by atoms with Crippen LogP contribution >= 0.6 is 11.6 Å². The summed E-state index contributed by atoms with van der Waals surface area (Å²) < 4.78 is 28.7. The number of anilines is 1. The number of nitrogens with one attached hydrogen (secondary N) is 2. The van der Waals surface area contributed by atoms with Crippen LogP contribution in [0, 0.1) is 11.8 Å². The highest BCUT2D eigenvalue weighted by atomic mass is 35.5. The summed E-state index contributed by atoms with van der Waals surface area (Å²) in [5.74, 6) is 5.54. The van der Waals surface area contributed by atoms with E-state index in [-0.39, 0.29) is 12.6 Å². The van der Waals surface area contributed by atoms with Crippen molar-refractivity contribution in [3.63, 3.8) is 0 Å². The predicted molar refractivity (Wildman–Crippen MR) is 78.7 cm³/mol. The molecule has 0 radical (unpaired) electrons. The minimum atomic E-state index is -3.60. The van der Waals surface area contributed by atoms with E-state index in [0.717, 1.165) is 12.8 Å². The Kier molecular flexibility index (Phi) is 4.89. The summed E-state index contributed by atoms with van der Waals surface area (Å²) >= 11 is 5.89. The van der Waals surface area contributed by atoms with Gasteiger partial charge in [-0.05, 0) is 31.0 Å².